The first-order valence-corrected chi connectivity index (χ1v) is 9.11. The van der Waals surface area contributed by atoms with E-state index >= 15 is 0 Å². The molecule has 2 aromatic rings. The van der Waals surface area contributed by atoms with Gasteiger partial charge in [0.2, 0.25) is 0 Å². The van der Waals surface area contributed by atoms with Crippen LogP contribution in [-0.4, -0.2) is 42.8 Å². The van der Waals surface area contributed by atoms with Gasteiger partial charge < -0.3 is 14.6 Å². The second-order valence-electron chi connectivity index (χ2n) is 6.76. The smallest absolute Gasteiger partial charge is 0.320 e. The van der Waals surface area contributed by atoms with Crippen LogP contribution in [-0.2, 0) is 4.79 Å². The van der Waals surface area contributed by atoms with E-state index in [0.29, 0.717) is 30.0 Å². The highest BCUT2D eigenvalue weighted by molar-refractivity contribution is 5.74. The van der Waals surface area contributed by atoms with E-state index in [-0.39, 0.29) is 5.56 Å². The van der Waals surface area contributed by atoms with Gasteiger partial charge in [-0.15, -0.1) is 0 Å². The number of aliphatic carboxylic acids is 1. The number of rotatable bonds is 6. The normalized spacial score (nSPS) is 18.5. The zero-order chi connectivity index (χ0) is 20.3. The second-order valence-corrected chi connectivity index (χ2v) is 6.76. The lowest BCUT2D eigenvalue weighted by atomic mass is 9.90. The molecule has 1 N–H and O–H groups in total. The molecule has 0 spiro atoms. The van der Waals surface area contributed by atoms with Crippen LogP contribution in [0.15, 0.2) is 36.4 Å². The second kappa shape index (κ2) is 8.56. The monoisotopic (exact) mass is 391 g/mol. The fraction of sp³-hybridized carbons (Fsp3) is 0.381. The van der Waals surface area contributed by atoms with E-state index in [9.17, 15) is 18.7 Å². The van der Waals surface area contributed by atoms with Crippen molar-refractivity contribution in [1.29, 1.82) is 0 Å². The molecule has 2 unspecified atom stereocenters. The maximum atomic E-state index is 14.8. The van der Waals surface area contributed by atoms with Crippen LogP contribution in [0.25, 0.3) is 0 Å². The molecule has 1 saturated heterocycles. The van der Waals surface area contributed by atoms with E-state index in [1.807, 2.05) is 0 Å². The topological polar surface area (TPSA) is 59.0 Å². The SMILES string of the molecule is COc1ccc(OC)c(C(c2ccc(F)cc2F)N2CCCCC2C(=O)O)c1. The lowest BCUT2D eigenvalue weighted by Gasteiger charge is -2.40. The molecule has 0 aromatic heterocycles. The lowest BCUT2D eigenvalue weighted by Crippen LogP contribution is -2.47. The van der Waals surface area contributed by atoms with Gasteiger partial charge in [0.05, 0.1) is 20.3 Å². The molecule has 7 heteroatoms. The van der Waals surface area contributed by atoms with Crippen molar-refractivity contribution in [2.75, 3.05) is 20.8 Å². The molecule has 3 rings (SSSR count). The molecule has 5 nitrogen and oxygen atoms in total. The Morgan fingerprint density at radius 3 is 2.54 bits per heavy atom. The van der Waals surface area contributed by atoms with Gasteiger partial charge in [0.25, 0.3) is 0 Å². The summed E-state index contributed by atoms with van der Waals surface area (Å²) < 4.78 is 39.1. The van der Waals surface area contributed by atoms with Crippen LogP contribution in [0.5, 0.6) is 11.5 Å². The molecule has 1 fully saturated rings. The number of carbonyl (C=O) groups is 1. The van der Waals surface area contributed by atoms with Crippen LogP contribution >= 0.6 is 0 Å². The Balaban J connectivity index is 2.21. The number of nitrogens with zero attached hydrogens (tertiary/aromatic N) is 1. The zero-order valence-corrected chi connectivity index (χ0v) is 15.8. The number of methoxy groups -OCH3 is 2. The van der Waals surface area contributed by atoms with Crippen LogP contribution in [0.3, 0.4) is 0 Å². The molecule has 2 aromatic carbocycles. The summed E-state index contributed by atoms with van der Waals surface area (Å²) in [5.74, 6) is -1.37. The van der Waals surface area contributed by atoms with Crippen LogP contribution in [0.4, 0.5) is 8.78 Å². The Morgan fingerprint density at radius 2 is 1.89 bits per heavy atom. The summed E-state index contributed by atoms with van der Waals surface area (Å²) in [5.41, 5.74) is 0.765. The predicted octanol–water partition coefficient (Wildman–Crippen LogP) is 4.01. The highest BCUT2D eigenvalue weighted by atomic mass is 19.1. The van der Waals surface area contributed by atoms with Crippen molar-refractivity contribution in [2.45, 2.75) is 31.3 Å². The van der Waals surface area contributed by atoms with Crippen LogP contribution in [0.2, 0.25) is 0 Å². The molecule has 0 amide bonds. The molecule has 0 aliphatic carbocycles. The third kappa shape index (κ3) is 3.94. The van der Waals surface area contributed by atoms with Crippen molar-refractivity contribution >= 4 is 5.97 Å². The summed E-state index contributed by atoms with van der Waals surface area (Å²) in [6.45, 7) is 0.471. The maximum absolute atomic E-state index is 14.8. The third-order valence-electron chi connectivity index (χ3n) is 5.15. The van der Waals surface area contributed by atoms with E-state index in [4.69, 9.17) is 9.47 Å². The van der Waals surface area contributed by atoms with Crippen molar-refractivity contribution in [3.8, 4) is 11.5 Å². The highest BCUT2D eigenvalue weighted by Crippen LogP contribution is 2.41. The standard InChI is InChI=1S/C21H23F2NO4/c1-27-14-7-9-19(28-2)16(12-14)20(15-8-6-13(22)11-17(15)23)24-10-4-3-5-18(24)21(25)26/h6-9,11-12,18,20H,3-5,10H2,1-2H3,(H,25,26). The lowest BCUT2D eigenvalue weighted by molar-refractivity contribution is -0.145. The van der Waals surface area contributed by atoms with Gasteiger partial charge in [-0.25, -0.2) is 8.78 Å². The van der Waals surface area contributed by atoms with Gasteiger partial charge in [-0.1, -0.05) is 12.5 Å². The van der Waals surface area contributed by atoms with Crippen molar-refractivity contribution < 1.29 is 28.2 Å². The van der Waals surface area contributed by atoms with Gasteiger partial charge in [0.15, 0.2) is 0 Å². The summed E-state index contributed by atoms with van der Waals surface area (Å²) in [7, 11) is 3.01. The molecule has 0 saturated carbocycles. The number of likely N-dealkylation sites (tertiary alicyclic amines) is 1. The van der Waals surface area contributed by atoms with Crippen molar-refractivity contribution in [3.63, 3.8) is 0 Å². The predicted molar refractivity (Wildman–Crippen MR) is 99.7 cm³/mol. The van der Waals surface area contributed by atoms with Gasteiger partial charge in [-0.3, -0.25) is 9.69 Å². The number of piperidine rings is 1. The Kier molecular flexibility index (Phi) is 6.14. The van der Waals surface area contributed by atoms with Crippen LogP contribution in [0, 0.1) is 11.6 Å². The number of carboxylic acid groups (broad SMARTS) is 1. The van der Waals surface area contributed by atoms with Crippen molar-refractivity contribution in [3.05, 3.63) is 59.2 Å². The molecular weight excluding hydrogens is 368 g/mol. The summed E-state index contributed by atoms with van der Waals surface area (Å²) in [6.07, 6.45) is 2.03. The first-order valence-electron chi connectivity index (χ1n) is 9.11. The molecule has 150 valence electrons. The first kappa shape index (κ1) is 20.1. The molecule has 1 heterocycles. The number of hydrogen-bond donors (Lipinski definition) is 1. The molecule has 28 heavy (non-hydrogen) atoms. The van der Waals surface area contributed by atoms with Crippen molar-refractivity contribution in [2.24, 2.45) is 0 Å². The Hall–Kier alpha value is -2.67. The zero-order valence-electron chi connectivity index (χ0n) is 15.8. The van der Waals surface area contributed by atoms with Gasteiger partial charge in [-0.05, 0) is 43.7 Å². The minimum atomic E-state index is -0.964. The minimum absolute atomic E-state index is 0.195. The van der Waals surface area contributed by atoms with Crippen molar-refractivity contribution in [1.82, 2.24) is 4.90 Å². The molecule has 1 aliphatic heterocycles. The van der Waals surface area contributed by atoms with Gasteiger partial charge in [0.1, 0.15) is 29.2 Å². The van der Waals surface area contributed by atoms with E-state index in [1.165, 1.54) is 26.4 Å². The summed E-state index contributed by atoms with van der Waals surface area (Å²) >= 11 is 0. The fourth-order valence-corrected chi connectivity index (χ4v) is 3.83. The molecule has 0 radical (unpaired) electrons. The molecule has 0 bridgehead atoms. The van der Waals surface area contributed by atoms with Crippen LogP contribution < -0.4 is 9.47 Å². The highest BCUT2D eigenvalue weighted by Gasteiger charge is 2.37. The van der Waals surface area contributed by atoms with E-state index in [2.05, 4.69) is 0 Å². The first-order chi connectivity index (χ1) is 13.5. The maximum Gasteiger partial charge on any atom is 0.320 e. The van der Waals surface area contributed by atoms with Gasteiger partial charge in [-0.2, -0.15) is 0 Å². The van der Waals surface area contributed by atoms with E-state index < -0.39 is 29.7 Å². The van der Waals surface area contributed by atoms with E-state index in [1.54, 1.807) is 23.1 Å². The summed E-state index contributed by atoms with van der Waals surface area (Å²) in [6, 6.07) is 6.94. The summed E-state index contributed by atoms with van der Waals surface area (Å²) in [4.78, 5) is 13.6. The molecule has 2 atom stereocenters. The Morgan fingerprint density at radius 1 is 1.11 bits per heavy atom. The van der Waals surface area contributed by atoms with Crippen LogP contribution in [0.1, 0.15) is 36.4 Å². The average molecular weight is 391 g/mol. The number of halogens is 2. The van der Waals surface area contributed by atoms with Gasteiger partial charge >= 0.3 is 5.97 Å². The molecular formula is C21H23F2NO4. The average Bonchev–Trinajstić information content (AvgIpc) is 2.70. The molecule has 1 aliphatic rings. The fourth-order valence-electron chi connectivity index (χ4n) is 3.83. The third-order valence-corrected chi connectivity index (χ3v) is 5.15. The number of carboxylic acids is 1. The Labute approximate surface area is 162 Å². The minimum Gasteiger partial charge on any atom is -0.497 e. The van der Waals surface area contributed by atoms with Gasteiger partial charge in [0, 0.05) is 17.2 Å². The number of ether oxygens (including phenoxy) is 2. The quantitative estimate of drug-likeness (QED) is 0.806. The number of hydrogen-bond acceptors (Lipinski definition) is 4. The van der Waals surface area contributed by atoms with E-state index in [0.717, 1.165) is 18.9 Å². The Bertz CT molecular complexity index is 858. The number of benzene rings is 2. The largest absolute Gasteiger partial charge is 0.497 e. The summed E-state index contributed by atoms with van der Waals surface area (Å²) in [5, 5.41) is 9.74.